The number of allylic oxidation sites excluding steroid dienone is 1. The zero-order chi connectivity index (χ0) is 5.70. The Morgan fingerprint density at radius 2 is 2.43 bits per heavy atom. The molecule has 0 amide bonds. The Hall–Kier alpha value is -0.201. The van der Waals surface area contributed by atoms with Gasteiger partial charge < -0.3 is 0 Å². The van der Waals surface area contributed by atoms with Crippen molar-refractivity contribution in [2.45, 2.75) is 0 Å². The predicted octanol–water partition coefficient (Wildman–Crippen LogP) is 0.829. The zero-order valence-electron chi connectivity index (χ0n) is 4.18. The first-order valence-corrected chi connectivity index (χ1v) is 2.82. The van der Waals surface area contributed by atoms with E-state index in [4.69, 9.17) is 4.74 Å². The van der Waals surface area contributed by atoms with E-state index >= 15 is 0 Å². The second-order valence-electron chi connectivity index (χ2n) is 0.928. The molecule has 0 aromatic carbocycles. The van der Waals surface area contributed by atoms with Crippen LogP contribution in [0.4, 0.5) is 0 Å². The molecule has 0 saturated carbocycles. The SMILES string of the molecule is C=C/C(=C/[Se])OC. The molecule has 7 heavy (non-hydrogen) atoms. The normalized spacial score (nSPS) is 10.7. The van der Waals surface area contributed by atoms with E-state index in [1.54, 1.807) is 18.2 Å². The molecule has 1 nitrogen and oxygen atoms in total. The summed E-state index contributed by atoms with van der Waals surface area (Å²) >= 11 is 2.69. The van der Waals surface area contributed by atoms with Gasteiger partial charge in [-0.25, -0.2) is 0 Å². The van der Waals surface area contributed by atoms with Crippen LogP contribution in [0.3, 0.4) is 0 Å². The third-order valence-corrected chi connectivity index (χ3v) is 1.04. The van der Waals surface area contributed by atoms with Crippen molar-refractivity contribution in [3.8, 4) is 0 Å². The monoisotopic (exact) mass is 163 g/mol. The first kappa shape index (κ1) is 6.80. The van der Waals surface area contributed by atoms with E-state index in [1.165, 1.54) is 0 Å². The minimum atomic E-state index is 0.764. The van der Waals surface area contributed by atoms with E-state index in [9.17, 15) is 0 Å². The van der Waals surface area contributed by atoms with Gasteiger partial charge in [-0.15, -0.1) is 0 Å². The summed E-state index contributed by atoms with van der Waals surface area (Å²) in [4.78, 5) is 1.73. The maximum absolute atomic E-state index is 4.76. The Balaban J connectivity index is 3.60. The van der Waals surface area contributed by atoms with Crippen LogP contribution < -0.4 is 0 Å². The summed E-state index contributed by atoms with van der Waals surface area (Å²) in [7, 11) is 1.60. The average molecular weight is 162 g/mol. The molecule has 0 aromatic heterocycles. The fraction of sp³-hybridized carbons (Fsp3) is 0.200. The number of ether oxygens (including phenoxy) is 1. The van der Waals surface area contributed by atoms with Crippen molar-refractivity contribution in [2.75, 3.05) is 7.11 Å². The molecule has 0 unspecified atom stereocenters. The van der Waals surface area contributed by atoms with E-state index in [0.29, 0.717) is 0 Å². The van der Waals surface area contributed by atoms with Crippen molar-refractivity contribution in [1.29, 1.82) is 0 Å². The Morgan fingerprint density at radius 1 is 1.86 bits per heavy atom. The van der Waals surface area contributed by atoms with Crippen LogP contribution in [0, 0.1) is 0 Å². The Labute approximate surface area is 51.9 Å². The standard InChI is InChI=1S/C5H7OSe/c1-3-5(4-7)6-2/h3-4H,1H2,2H3/b5-4-. The Bertz CT molecular complexity index is 86.1. The molecule has 0 N–H and O–H groups in total. The summed E-state index contributed by atoms with van der Waals surface area (Å²) in [5.41, 5.74) is 0. The van der Waals surface area contributed by atoms with Gasteiger partial charge in [0.05, 0.1) is 0 Å². The molecule has 0 heterocycles. The van der Waals surface area contributed by atoms with Gasteiger partial charge in [0.1, 0.15) is 0 Å². The molecule has 0 aromatic rings. The number of methoxy groups -OCH3 is 1. The molecular formula is C5H7OSe. The molecule has 1 radical (unpaired) electrons. The molecule has 0 aliphatic rings. The van der Waals surface area contributed by atoms with Crippen molar-refractivity contribution >= 4 is 16.0 Å². The Kier molecular flexibility index (Phi) is 3.86. The molecule has 0 fully saturated rings. The fourth-order valence-corrected chi connectivity index (χ4v) is 0.583. The Morgan fingerprint density at radius 3 is 2.43 bits per heavy atom. The predicted molar refractivity (Wildman–Crippen MR) is 31.0 cm³/mol. The molecule has 0 aliphatic heterocycles. The van der Waals surface area contributed by atoms with Gasteiger partial charge in [-0.3, -0.25) is 0 Å². The summed E-state index contributed by atoms with van der Waals surface area (Å²) in [5, 5.41) is 0. The van der Waals surface area contributed by atoms with Crippen LogP contribution in [0.25, 0.3) is 0 Å². The third kappa shape index (κ3) is 2.49. The van der Waals surface area contributed by atoms with Crippen LogP contribution in [-0.4, -0.2) is 23.1 Å². The van der Waals surface area contributed by atoms with Crippen molar-refractivity contribution < 1.29 is 4.74 Å². The second kappa shape index (κ2) is 3.97. The van der Waals surface area contributed by atoms with Crippen LogP contribution in [0.15, 0.2) is 23.4 Å². The molecule has 0 atom stereocenters. The molecule has 0 rings (SSSR count). The summed E-state index contributed by atoms with van der Waals surface area (Å²) in [6.07, 6.45) is 1.64. The molecule has 0 aliphatic carbocycles. The molecule has 39 valence electrons. The van der Waals surface area contributed by atoms with Gasteiger partial charge in [-0.2, -0.15) is 0 Å². The van der Waals surface area contributed by atoms with Gasteiger partial charge in [0.2, 0.25) is 0 Å². The molecule has 0 bridgehead atoms. The van der Waals surface area contributed by atoms with Crippen molar-refractivity contribution in [3.63, 3.8) is 0 Å². The van der Waals surface area contributed by atoms with Crippen molar-refractivity contribution in [1.82, 2.24) is 0 Å². The van der Waals surface area contributed by atoms with Crippen LogP contribution in [-0.2, 0) is 4.74 Å². The summed E-state index contributed by atoms with van der Waals surface area (Å²) in [6, 6.07) is 0. The van der Waals surface area contributed by atoms with Gasteiger partial charge in [0, 0.05) is 0 Å². The second-order valence-corrected chi connectivity index (χ2v) is 1.42. The summed E-state index contributed by atoms with van der Waals surface area (Å²) in [6.45, 7) is 3.49. The molecule has 0 spiro atoms. The van der Waals surface area contributed by atoms with E-state index < -0.39 is 0 Å². The quantitative estimate of drug-likeness (QED) is 0.332. The van der Waals surface area contributed by atoms with Gasteiger partial charge in [-0.1, -0.05) is 0 Å². The van der Waals surface area contributed by atoms with E-state index in [2.05, 4.69) is 22.6 Å². The van der Waals surface area contributed by atoms with E-state index in [1.807, 2.05) is 0 Å². The van der Waals surface area contributed by atoms with Crippen LogP contribution in [0.2, 0.25) is 0 Å². The minimum absolute atomic E-state index is 0.764. The third-order valence-electron chi connectivity index (χ3n) is 0.553. The number of rotatable bonds is 2. The molecule has 2 heteroatoms. The van der Waals surface area contributed by atoms with Gasteiger partial charge in [0.25, 0.3) is 0 Å². The topological polar surface area (TPSA) is 9.23 Å². The first-order valence-electron chi connectivity index (χ1n) is 1.83. The van der Waals surface area contributed by atoms with E-state index in [0.717, 1.165) is 5.76 Å². The zero-order valence-corrected chi connectivity index (χ0v) is 5.89. The number of hydrogen-bond donors (Lipinski definition) is 0. The average Bonchev–Trinajstić information content (AvgIpc) is 1.72. The molecular weight excluding hydrogens is 155 g/mol. The van der Waals surface area contributed by atoms with Crippen LogP contribution in [0.5, 0.6) is 0 Å². The van der Waals surface area contributed by atoms with Crippen LogP contribution in [0.1, 0.15) is 0 Å². The maximum atomic E-state index is 4.76. The van der Waals surface area contributed by atoms with Gasteiger partial charge in [0.15, 0.2) is 0 Å². The summed E-state index contributed by atoms with van der Waals surface area (Å²) < 4.78 is 4.76. The fourth-order valence-electron chi connectivity index (χ4n) is 0.180. The van der Waals surface area contributed by atoms with Crippen LogP contribution >= 0.6 is 0 Å². The molecule has 0 saturated heterocycles. The van der Waals surface area contributed by atoms with Crippen molar-refractivity contribution in [3.05, 3.63) is 23.4 Å². The van der Waals surface area contributed by atoms with E-state index in [-0.39, 0.29) is 0 Å². The van der Waals surface area contributed by atoms with Gasteiger partial charge in [-0.05, 0) is 0 Å². The van der Waals surface area contributed by atoms with Gasteiger partial charge >= 0.3 is 51.2 Å². The van der Waals surface area contributed by atoms with Crippen molar-refractivity contribution in [2.24, 2.45) is 0 Å². The summed E-state index contributed by atoms with van der Waals surface area (Å²) in [5.74, 6) is 0.764. The number of hydrogen-bond acceptors (Lipinski definition) is 1. The first-order chi connectivity index (χ1) is 3.35.